The molecule has 1 aliphatic heterocycles. The third-order valence-corrected chi connectivity index (χ3v) is 1.18. The molecule has 4 nitrogen and oxygen atoms in total. The quantitative estimate of drug-likeness (QED) is 0.479. The molecule has 5 heteroatoms. The molecule has 0 fully saturated rings. The molecule has 0 saturated heterocycles. The average molecular weight is 190 g/mol. The van der Waals surface area contributed by atoms with Gasteiger partial charge in [-0.25, -0.2) is 0 Å². The van der Waals surface area contributed by atoms with Crippen LogP contribution in [0.5, 0.6) is 0 Å². The van der Waals surface area contributed by atoms with E-state index in [-0.39, 0.29) is 17.1 Å². The lowest BCUT2D eigenvalue weighted by Crippen LogP contribution is -2.19. The third kappa shape index (κ3) is 5.61. The van der Waals surface area contributed by atoms with Gasteiger partial charge in [-0.3, -0.25) is 19.7 Å². The Kier molecular flexibility index (Phi) is 4.96. The summed E-state index contributed by atoms with van der Waals surface area (Å²) in [5.41, 5.74) is 0. The Labute approximate surface area is 74.6 Å². The highest BCUT2D eigenvalue weighted by atomic mass is 35.5. The molecule has 0 atom stereocenters. The monoisotopic (exact) mass is 189 g/mol. The van der Waals surface area contributed by atoms with E-state index < -0.39 is 0 Å². The van der Waals surface area contributed by atoms with Gasteiger partial charge in [-0.1, -0.05) is 6.92 Å². The maximum absolute atomic E-state index is 10.0. The first-order valence-electron chi connectivity index (χ1n) is 3.27. The highest BCUT2D eigenvalue weighted by Crippen LogP contribution is 1.82. The number of carbonyl (C=O) groups excluding carboxylic acids is 3. The van der Waals surface area contributed by atoms with Crippen molar-refractivity contribution in [3.63, 3.8) is 0 Å². The molecule has 1 rings (SSSR count). The van der Waals surface area contributed by atoms with Gasteiger partial charge in [0.25, 0.3) is 11.8 Å². The summed E-state index contributed by atoms with van der Waals surface area (Å²) in [6.45, 7) is 1.72. The number of nitrogens with one attached hydrogen (secondary N) is 1. The van der Waals surface area contributed by atoms with Gasteiger partial charge in [0.2, 0.25) is 5.24 Å². The minimum Gasteiger partial charge on any atom is -0.289 e. The van der Waals surface area contributed by atoms with Crippen LogP contribution in [0, 0.1) is 0 Å². The first kappa shape index (κ1) is 10.8. The minimum atomic E-state index is -0.329. The molecule has 0 aromatic rings. The Morgan fingerprint density at radius 1 is 1.42 bits per heavy atom. The second-order valence-electron chi connectivity index (χ2n) is 1.90. The molecule has 0 bridgehead atoms. The van der Waals surface area contributed by atoms with Crippen LogP contribution in [0.1, 0.15) is 13.3 Å². The fourth-order valence-electron chi connectivity index (χ4n) is 0.356. The summed E-state index contributed by atoms with van der Waals surface area (Å²) >= 11 is 4.82. The van der Waals surface area contributed by atoms with Gasteiger partial charge in [0, 0.05) is 18.6 Å². The molecule has 1 N–H and O–H groups in total. The first-order valence-corrected chi connectivity index (χ1v) is 3.65. The fraction of sp³-hybridized carbons (Fsp3) is 0.286. The maximum Gasteiger partial charge on any atom is 0.250 e. The van der Waals surface area contributed by atoms with Crippen LogP contribution in [0.15, 0.2) is 12.2 Å². The molecule has 12 heavy (non-hydrogen) atoms. The topological polar surface area (TPSA) is 63.2 Å². The second-order valence-corrected chi connectivity index (χ2v) is 2.32. The van der Waals surface area contributed by atoms with Crippen molar-refractivity contribution in [2.45, 2.75) is 13.3 Å². The summed E-state index contributed by atoms with van der Waals surface area (Å²) in [4.78, 5) is 29.6. The molecule has 0 aromatic carbocycles. The lowest BCUT2D eigenvalue weighted by Gasteiger charge is -1.80. The zero-order chi connectivity index (χ0) is 9.56. The van der Waals surface area contributed by atoms with E-state index in [1.54, 1.807) is 6.92 Å². The molecule has 0 unspecified atom stereocenters. The summed E-state index contributed by atoms with van der Waals surface area (Å²) in [7, 11) is 0. The number of halogens is 1. The molecular weight excluding hydrogens is 182 g/mol. The minimum absolute atomic E-state index is 0.273. The maximum atomic E-state index is 10.0. The van der Waals surface area contributed by atoms with Crippen LogP contribution >= 0.6 is 11.6 Å². The molecule has 0 radical (unpaired) electrons. The highest BCUT2D eigenvalue weighted by molar-refractivity contribution is 6.63. The molecular formula is C7H8ClNO3. The van der Waals surface area contributed by atoms with E-state index >= 15 is 0 Å². The Bertz CT molecular complexity index is 219. The molecule has 0 saturated carbocycles. The summed E-state index contributed by atoms with van der Waals surface area (Å²) in [5.74, 6) is -0.657. The van der Waals surface area contributed by atoms with Crippen LogP contribution < -0.4 is 5.32 Å². The second kappa shape index (κ2) is 5.49. The van der Waals surface area contributed by atoms with Crippen molar-refractivity contribution in [2.75, 3.05) is 0 Å². The van der Waals surface area contributed by atoms with E-state index in [2.05, 4.69) is 0 Å². The summed E-state index contributed by atoms with van der Waals surface area (Å²) < 4.78 is 0. The van der Waals surface area contributed by atoms with Gasteiger partial charge >= 0.3 is 0 Å². The number of hydrogen-bond donors (Lipinski definition) is 1. The molecule has 2 amide bonds. The molecule has 0 aliphatic carbocycles. The van der Waals surface area contributed by atoms with Crippen molar-refractivity contribution >= 4 is 28.7 Å². The predicted octanol–water partition coefficient (Wildman–Crippen LogP) is 0.361. The number of imide groups is 1. The van der Waals surface area contributed by atoms with Crippen molar-refractivity contribution < 1.29 is 14.4 Å². The zero-order valence-electron chi connectivity index (χ0n) is 6.46. The van der Waals surface area contributed by atoms with Crippen LogP contribution in [0.4, 0.5) is 0 Å². The van der Waals surface area contributed by atoms with Crippen molar-refractivity contribution in [1.82, 2.24) is 5.32 Å². The van der Waals surface area contributed by atoms with Crippen LogP contribution in [-0.2, 0) is 14.4 Å². The summed E-state index contributed by atoms with van der Waals surface area (Å²) in [6, 6.07) is 0. The van der Waals surface area contributed by atoms with Gasteiger partial charge in [0.15, 0.2) is 0 Å². The molecule has 66 valence electrons. The van der Waals surface area contributed by atoms with Crippen molar-refractivity contribution in [3.05, 3.63) is 12.2 Å². The van der Waals surface area contributed by atoms with Gasteiger partial charge in [-0.15, -0.1) is 0 Å². The van der Waals surface area contributed by atoms with Gasteiger partial charge in [-0.05, 0) is 11.6 Å². The average Bonchev–Trinajstić information content (AvgIpc) is 2.36. The van der Waals surface area contributed by atoms with Crippen LogP contribution in [0.3, 0.4) is 0 Å². The van der Waals surface area contributed by atoms with Gasteiger partial charge in [-0.2, -0.15) is 0 Å². The lowest BCUT2D eigenvalue weighted by atomic mass is 10.6. The Morgan fingerprint density at radius 3 is 1.83 bits per heavy atom. The zero-order valence-corrected chi connectivity index (χ0v) is 7.22. The largest absolute Gasteiger partial charge is 0.289 e. The van der Waals surface area contributed by atoms with Crippen LogP contribution in [0.2, 0.25) is 0 Å². The SMILES string of the molecule is CCC(=O)Cl.O=C1C=CC(=O)N1. The highest BCUT2D eigenvalue weighted by Gasteiger charge is 2.06. The molecule has 0 spiro atoms. The number of carbonyl (C=O) groups is 3. The summed E-state index contributed by atoms with van der Waals surface area (Å²) in [6.07, 6.45) is 2.83. The normalized spacial score (nSPS) is 13.5. The smallest absolute Gasteiger partial charge is 0.250 e. The van der Waals surface area contributed by atoms with E-state index in [4.69, 9.17) is 11.6 Å². The van der Waals surface area contributed by atoms with E-state index in [1.165, 1.54) is 12.2 Å². The molecule has 1 heterocycles. The van der Waals surface area contributed by atoms with Crippen molar-refractivity contribution in [2.24, 2.45) is 0 Å². The Balaban J connectivity index is 0.000000217. The van der Waals surface area contributed by atoms with Crippen LogP contribution in [0.25, 0.3) is 0 Å². The number of rotatable bonds is 1. The van der Waals surface area contributed by atoms with E-state index in [0.717, 1.165) is 0 Å². The van der Waals surface area contributed by atoms with E-state index in [9.17, 15) is 14.4 Å². The van der Waals surface area contributed by atoms with E-state index in [0.29, 0.717) is 6.42 Å². The Morgan fingerprint density at radius 2 is 1.75 bits per heavy atom. The molecule has 1 aliphatic rings. The number of hydrogen-bond acceptors (Lipinski definition) is 3. The molecule has 0 aromatic heterocycles. The number of amides is 2. The lowest BCUT2D eigenvalue weighted by molar-refractivity contribution is -0.123. The summed E-state index contributed by atoms with van der Waals surface area (Å²) in [5, 5.41) is 1.75. The third-order valence-electron chi connectivity index (χ3n) is 0.910. The van der Waals surface area contributed by atoms with Crippen LogP contribution in [-0.4, -0.2) is 17.1 Å². The standard InChI is InChI=1S/C4H3NO2.C3H5ClO/c6-3-1-2-4(7)5-3;1-2-3(4)5/h1-2H,(H,5,6,7);2H2,1H3. The first-order chi connectivity index (χ1) is 5.56. The predicted molar refractivity (Wildman–Crippen MR) is 43.4 cm³/mol. The fourth-order valence-corrected chi connectivity index (χ4v) is 0.356. The van der Waals surface area contributed by atoms with E-state index in [1.807, 2.05) is 5.32 Å². The van der Waals surface area contributed by atoms with Gasteiger partial charge in [0.05, 0.1) is 0 Å². The van der Waals surface area contributed by atoms with Crippen molar-refractivity contribution in [3.8, 4) is 0 Å². The van der Waals surface area contributed by atoms with Gasteiger partial charge < -0.3 is 0 Å². The van der Waals surface area contributed by atoms with Crippen molar-refractivity contribution in [1.29, 1.82) is 0 Å². The van der Waals surface area contributed by atoms with Gasteiger partial charge in [0.1, 0.15) is 0 Å². The Hall–Kier alpha value is -1.16.